The average molecular weight is 291 g/mol. The van der Waals surface area contributed by atoms with Crippen molar-refractivity contribution < 1.29 is 0 Å². The molecule has 1 heterocycles. The summed E-state index contributed by atoms with van der Waals surface area (Å²) in [6.07, 6.45) is 0.941. The monoisotopic (exact) mass is 291 g/mol. The third-order valence-electron chi connectivity index (χ3n) is 3.92. The van der Waals surface area contributed by atoms with Crippen LogP contribution in [0.1, 0.15) is 19.4 Å². The molecule has 2 N–H and O–H groups in total. The minimum absolute atomic E-state index is 0.777. The Morgan fingerprint density at radius 3 is 2.45 bits per heavy atom. The van der Waals surface area contributed by atoms with E-state index in [4.69, 9.17) is 10.7 Å². The second kappa shape index (κ2) is 6.06. The minimum Gasteiger partial charge on any atom is -0.399 e. The van der Waals surface area contributed by atoms with Crippen LogP contribution < -0.4 is 10.6 Å². The smallest absolute Gasteiger partial charge is 0.136 e. The van der Waals surface area contributed by atoms with E-state index in [9.17, 15) is 0 Å². The highest BCUT2D eigenvalue weighted by Crippen LogP contribution is 2.30. The number of pyridine rings is 1. The van der Waals surface area contributed by atoms with Gasteiger partial charge in [-0.1, -0.05) is 25.1 Å². The van der Waals surface area contributed by atoms with Gasteiger partial charge < -0.3 is 10.6 Å². The number of nitrogen functional groups attached to an aromatic ring is 1. The standard InChI is InChI=1S/C19H21N3/c1-3-14-12-15-13-16(20)10-11-18(15)21-19(14)22(4-2)17-8-6-5-7-9-17/h5-13H,3-4,20H2,1-2H3. The van der Waals surface area contributed by atoms with Gasteiger partial charge >= 0.3 is 0 Å². The van der Waals surface area contributed by atoms with Crippen LogP contribution in [0, 0.1) is 0 Å². The first-order valence-electron chi connectivity index (χ1n) is 7.74. The molecule has 3 aromatic rings. The Morgan fingerprint density at radius 2 is 1.77 bits per heavy atom. The lowest BCUT2D eigenvalue weighted by Gasteiger charge is -2.25. The highest BCUT2D eigenvalue weighted by Gasteiger charge is 2.14. The van der Waals surface area contributed by atoms with Gasteiger partial charge in [0.25, 0.3) is 0 Å². The third kappa shape index (κ3) is 2.62. The summed E-state index contributed by atoms with van der Waals surface area (Å²) >= 11 is 0. The fourth-order valence-electron chi connectivity index (χ4n) is 2.79. The van der Waals surface area contributed by atoms with Crippen LogP contribution in [0.15, 0.2) is 54.6 Å². The van der Waals surface area contributed by atoms with Gasteiger partial charge in [0, 0.05) is 23.3 Å². The summed E-state index contributed by atoms with van der Waals surface area (Å²) in [6.45, 7) is 5.20. The molecule has 0 radical (unpaired) electrons. The molecule has 2 aromatic carbocycles. The van der Waals surface area contributed by atoms with Crippen molar-refractivity contribution in [2.45, 2.75) is 20.3 Å². The molecule has 0 saturated carbocycles. The Morgan fingerprint density at radius 1 is 1.00 bits per heavy atom. The van der Waals surface area contributed by atoms with Crippen molar-refractivity contribution in [1.82, 2.24) is 4.98 Å². The number of anilines is 3. The zero-order chi connectivity index (χ0) is 15.5. The molecule has 0 aliphatic heterocycles. The molecular weight excluding hydrogens is 270 g/mol. The summed E-state index contributed by atoms with van der Waals surface area (Å²) in [5.74, 6) is 1.04. The molecule has 0 unspecified atom stereocenters. The van der Waals surface area contributed by atoms with Gasteiger partial charge in [0.1, 0.15) is 5.82 Å². The van der Waals surface area contributed by atoms with Crippen LogP contribution in [0.25, 0.3) is 10.9 Å². The summed E-state index contributed by atoms with van der Waals surface area (Å²) in [6, 6.07) is 18.5. The number of nitrogens with zero attached hydrogens (tertiary/aromatic N) is 2. The van der Waals surface area contributed by atoms with Crippen LogP contribution >= 0.6 is 0 Å². The van der Waals surface area contributed by atoms with Crippen molar-refractivity contribution in [3.8, 4) is 0 Å². The Bertz CT molecular complexity index is 781. The molecule has 3 heteroatoms. The van der Waals surface area contributed by atoms with Gasteiger partial charge in [0.05, 0.1) is 5.52 Å². The van der Waals surface area contributed by atoms with Crippen LogP contribution in [-0.4, -0.2) is 11.5 Å². The number of aryl methyl sites for hydroxylation is 1. The predicted molar refractivity (Wildman–Crippen MR) is 94.7 cm³/mol. The Kier molecular flexibility index (Phi) is 3.96. The van der Waals surface area contributed by atoms with Crippen molar-refractivity contribution in [3.63, 3.8) is 0 Å². The second-order valence-electron chi connectivity index (χ2n) is 5.36. The fraction of sp³-hybridized carbons (Fsp3) is 0.211. The molecule has 0 fully saturated rings. The van der Waals surface area contributed by atoms with E-state index in [1.54, 1.807) is 0 Å². The maximum absolute atomic E-state index is 5.89. The average Bonchev–Trinajstić information content (AvgIpc) is 2.56. The summed E-state index contributed by atoms with van der Waals surface area (Å²) in [5.41, 5.74) is 10.1. The maximum Gasteiger partial charge on any atom is 0.136 e. The van der Waals surface area contributed by atoms with Gasteiger partial charge in [-0.15, -0.1) is 0 Å². The zero-order valence-corrected chi connectivity index (χ0v) is 13.1. The largest absolute Gasteiger partial charge is 0.399 e. The summed E-state index contributed by atoms with van der Waals surface area (Å²) in [4.78, 5) is 7.16. The van der Waals surface area contributed by atoms with E-state index < -0.39 is 0 Å². The second-order valence-corrected chi connectivity index (χ2v) is 5.36. The Hall–Kier alpha value is -2.55. The van der Waals surface area contributed by atoms with Gasteiger partial charge in [-0.25, -0.2) is 4.98 Å². The molecule has 0 bridgehead atoms. The number of rotatable bonds is 4. The van der Waals surface area contributed by atoms with E-state index in [0.717, 1.165) is 35.4 Å². The van der Waals surface area contributed by atoms with Crippen LogP contribution in [0.4, 0.5) is 17.2 Å². The van der Waals surface area contributed by atoms with Crippen LogP contribution in [0.3, 0.4) is 0 Å². The molecule has 3 nitrogen and oxygen atoms in total. The number of aromatic nitrogens is 1. The van der Waals surface area contributed by atoms with Crippen molar-refractivity contribution >= 4 is 28.1 Å². The summed E-state index contributed by atoms with van der Waals surface area (Å²) in [5, 5.41) is 1.10. The molecular formula is C19H21N3. The molecule has 0 spiro atoms. The Labute approximate surface area is 131 Å². The van der Waals surface area contributed by atoms with Crippen molar-refractivity contribution in [3.05, 3.63) is 60.2 Å². The third-order valence-corrected chi connectivity index (χ3v) is 3.92. The highest BCUT2D eigenvalue weighted by atomic mass is 15.2. The number of hydrogen-bond acceptors (Lipinski definition) is 3. The first-order chi connectivity index (χ1) is 10.7. The molecule has 22 heavy (non-hydrogen) atoms. The zero-order valence-electron chi connectivity index (χ0n) is 13.1. The molecule has 112 valence electrons. The Balaban J connectivity index is 2.17. The van der Waals surface area contributed by atoms with Crippen LogP contribution in [0.5, 0.6) is 0 Å². The number of benzene rings is 2. The minimum atomic E-state index is 0.777. The van der Waals surface area contributed by atoms with E-state index >= 15 is 0 Å². The summed E-state index contributed by atoms with van der Waals surface area (Å²) in [7, 11) is 0. The highest BCUT2D eigenvalue weighted by molar-refractivity contribution is 5.85. The summed E-state index contributed by atoms with van der Waals surface area (Å²) < 4.78 is 0. The molecule has 0 aliphatic rings. The normalized spacial score (nSPS) is 10.8. The molecule has 0 atom stereocenters. The van der Waals surface area contributed by atoms with E-state index in [1.807, 2.05) is 24.3 Å². The van der Waals surface area contributed by atoms with Crippen molar-refractivity contribution in [2.24, 2.45) is 0 Å². The lowest BCUT2D eigenvalue weighted by Crippen LogP contribution is -2.19. The molecule has 0 saturated heterocycles. The number of hydrogen-bond donors (Lipinski definition) is 1. The number of fused-ring (bicyclic) bond motifs is 1. The van der Waals surface area contributed by atoms with Crippen molar-refractivity contribution in [1.29, 1.82) is 0 Å². The topological polar surface area (TPSA) is 42.1 Å². The first kappa shape index (κ1) is 14.4. The molecule has 0 amide bonds. The SMILES string of the molecule is CCc1cc2cc(N)ccc2nc1N(CC)c1ccccc1. The quantitative estimate of drug-likeness (QED) is 0.718. The van der Waals surface area contributed by atoms with Crippen LogP contribution in [-0.2, 0) is 6.42 Å². The van der Waals surface area contributed by atoms with Gasteiger partial charge in [-0.2, -0.15) is 0 Å². The lowest BCUT2D eigenvalue weighted by molar-refractivity contribution is 0.968. The first-order valence-corrected chi connectivity index (χ1v) is 7.74. The number of para-hydroxylation sites is 1. The van der Waals surface area contributed by atoms with Gasteiger partial charge in [-0.05, 0) is 55.3 Å². The van der Waals surface area contributed by atoms with Gasteiger partial charge in [-0.3, -0.25) is 0 Å². The van der Waals surface area contributed by atoms with Gasteiger partial charge in [0.15, 0.2) is 0 Å². The molecule has 1 aromatic heterocycles. The number of nitrogens with two attached hydrogens (primary N) is 1. The fourth-order valence-corrected chi connectivity index (χ4v) is 2.79. The van der Waals surface area contributed by atoms with E-state index in [-0.39, 0.29) is 0 Å². The van der Waals surface area contributed by atoms with E-state index in [2.05, 4.69) is 49.1 Å². The van der Waals surface area contributed by atoms with Crippen LogP contribution in [0.2, 0.25) is 0 Å². The maximum atomic E-state index is 5.89. The van der Waals surface area contributed by atoms with Gasteiger partial charge in [0.2, 0.25) is 0 Å². The molecule has 0 aliphatic carbocycles. The van der Waals surface area contributed by atoms with E-state index in [0.29, 0.717) is 0 Å². The molecule has 3 rings (SSSR count). The van der Waals surface area contributed by atoms with E-state index in [1.165, 1.54) is 11.3 Å². The lowest BCUT2D eigenvalue weighted by atomic mass is 10.1. The predicted octanol–water partition coefficient (Wildman–Crippen LogP) is 4.54. The van der Waals surface area contributed by atoms with Crippen molar-refractivity contribution in [2.75, 3.05) is 17.2 Å².